The van der Waals surface area contributed by atoms with Crippen LogP contribution in [0.25, 0.3) is 0 Å². The van der Waals surface area contributed by atoms with Crippen molar-refractivity contribution in [1.82, 2.24) is 15.3 Å². The van der Waals surface area contributed by atoms with Crippen LogP contribution in [0.2, 0.25) is 0 Å². The van der Waals surface area contributed by atoms with Gasteiger partial charge in [-0.05, 0) is 25.8 Å². The second kappa shape index (κ2) is 5.56. The minimum absolute atomic E-state index is 0.348. The molecule has 6 heteroatoms. The Balaban J connectivity index is 2.04. The molecule has 0 amide bonds. The molecular formula is C12H18F2N4. The van der Waals surface area contributed by atoms with Crippen LogP contribution >= 0.6 is 0 Å². The number of nitrogens with one attached hydrogen (secondary N) is 1. The summed E-state index contributed by atoms with van der Waals surface area (Å²) in [5, 5.41) is 3.35. The molecule has 100 valence electrons. The van der Waals surface area contributed by atoms with Crippen LogP contribution in [0.5, 0.6) is 0 Å². The number of anilines is 1. The van der Waals surface area contributed by atoms with E-state index in [9.17, 15) is 8.78 Å². The summed E-state index contributed by atoms with van der Waals surface area (Å²) >= 11 is 0. The predicted octanol–water partition coefficient (Wildman–Crippen LogP) is 1.74. The Morgan fingerprint density at radius 1 is 1.44 bits per heavy atom. The minimum Gasteiger partial charge on any atom is -0.338 e. The Morgan fingerprint density at radius 3 is 2.78 bits per heavy atom. The van der Waals surface area contributed by atoms with Gasteiger partial charge in [0.1, 0.15) is 0 Å². The maximum Gasteiger partial charge on any atom is 0.255 e. The molecule has 0 unspecified atom stereocenters. The van der Waals surface area contributed by atoms with E-state index >= 15 is 0 Å². The normalized spacial score (nSPS) is 15.2. The van der Waals surface area contributed by atoms with Gasteiger partial charge in [-0.2, -0.15) is 0 Å². The van der Waals surface area contributed by atoms with Crippen molar-refractivity contribution >= 4 is 5.95 Å². The third kappa shape index (κ3) is 3.87. The van der Waals surface area contributed by atoms with Gasteiger partial charge in [0.15, 0.2) is 0 Å². The van der Waals surface area contributed by atoms with E-state index in [4.69, 9.17) is 0 Å². The van der Waals surface area contributed by atoms with Gasteiger partial charge in [0.05, 0.1) is 12.2 Å². The second-order valence-corrected chi connectivity index (χ2v) is 4.73. The van der Waals surface area contributed by atoms with E-state index in [-0.39, 0.29) is 6.54 Å². The number of hydrogen-bond donors (Lipinski definition) is 1. The molecule has 1 N–H and O–H groups in total. The van der Waals surface area contributed by atoms with Gasteiger partial charge in [0.2, 0.25) is 5.95 Å². The average Bonchev–Trinajstić information content (AvgIpc) is 3.08. The molecule has 1 aliphatic carbocycles. The molecule has 1 heterocycles. The largest absolute Gasteiger partial charge is 0.338 e. The van der Waals surface area contributed by atoms with Crippen molar-refractivity contribution in [3.63, 3.8) is 0 Å². The van der Waals surface area contributed by atoms with E-state index in [0.717, 1.165) is 11.4 Å². The number of nitrogens with zero attached hydrogens (tertiary/aromatic N) is 3. The lowest BCUT2D eigenvalue weighted by atomic mass is 10.3. The highest BCUT2D eigenvalue weighted by molar-refractivity contribution is 5.31. The van der Waals surface area contributed by atoms with Crippen LogP contribution in [0.15, 0.2) is 6.07 Å². The topological polar surface area (TPSA) is 41.1 Å². The predicted molar refractivity (Wildman–Crippen MR) is 65.9 cm³/mol. The van der Waals surface area contributed by atoms with Gasteiger partial charge in [0, 0.05) is 25.3 Å². The summed E-state index contributed by atoms with van der Waals surface area (Å²) in [6.07, 6.45) is 0.0388. The Hall–Kier alpha value is -1.30. The number of hydrogen-bond acceptors (Lipinski definition) is 4. The first-order valence-corrected chi connectivity index (χ1v) is 6.12. The number of aryl methyl sites for hydroxylation is 1. The zero-order valence-corrected chi connectivity index (χ0v) is 10.7. The van der Waals surface area contributed by atoms with E-state index in [1.54, 1.807) is 7.05 Å². The molecule has 0 radical (unpaired) electrons. The molecule has 1 aromatic rings. The lowest BCUT2D eigenvalue weighted by Crippen LogP contribution is -2.27. The van der Waals surface area contributed by atoms with Crippen LogP contribution in [0, 0.1) is 6.92 Å². The second-order valence-electron chi connectivity index (χ2n) is 4.73. The SMILES string of the molecule is Cc1cc(CNC2CC2)nc(N(C)CC(F)F)n1. The molecule has 0 atom stereocenters. The van der Waals surface area contributed by atoms with Gasteiger partial charge < -0.3 is 10.2 Å². The van der Waals surface area contributed by atoms with E-state index in [0.29, 0.717) is 18.5 Å². The summed E-state index contributed by atoms with van der Waals surface area (Å²) in [5.74, 6) is 0.364. The smallest absolute Gasteiger partial charge is 0.255 e. The molecule has 18 heavy (non-hydrogen) atoms. The molecular weight excluding hydrogens is 238 g/mol. The lowest BCUT2D eigenvalue weighted by Gasteiger charge is -2.17. The van der Waals surface area contributed by atoms with Gasteiger partial charge in [-0.25, -0.2) is 18.7 Å². The average molecular weight is 256 g/mol. The molecule has 2 rings (SSSR count). The van der Waals surface area contributed by atoms with Gasteiger partial charge >= 0.3 is 0 Å². The summed E-state index contributed by atoms with van der Waals surface area (Å²) in [6, 6.07) is 2.48. The molecule has 0 aliphatic heterocycles. The maximum atomic E-state index is 12.3. The first-order chi connectivity index (χ1) is 8.54. The number of aromatic nitrogens is 2. The van der Waals surface area contributed by atoms with Gasteiger partial charge in [-0.1, -0.05) is 0 Å². The quantitative estimate of drug-likeness (QED) is 0.841. The third-order valence-corrected chi connectivity index (χ3v) is 2.80. The van der Waals surface area contributed by atoms with Crippen LogP contribution < -0.4 is 10.2 Å². The Labute approximate surface area is 105 Å². The number of rotatable bonds is 6. The van der Waals surface area contributed by atoms with Gasteiger partial charge in [-0.3, -0.25) is 0 Å². The molecule has 4 nitrogen and oxygen atoms in total. The first-order valence-electron chi connectivity index (χ1n) is 6.12. The van der Waals surface area contributed by atoms with Crippen molar-refractivity contribution in [2.24, 2.45) is 0 Å². The maximum absolute atomic E-state index is 12.3. The van der Waals surface area contributed by atoms with Gasteiger partial charge in [0.25, 0.3) is 6.43 Å². The Kier molecular flexibility index (Phi) is 4.06. The van der Waals surface area contributed by atoms with E-state index < -0.39 is 6.43 Å². The van der Waals surface area contributed by atoms with Crippen molar-refractivity contribution in [2.75, 3.05) is 18.5 Å². The monoisotopic (exact) mass is 256 g/mol. The lowest BCUT2D eigenvalue weighted by molar-refractivity contribution is 0.156. The summed E-state index contributed by atoms with van der Waals surface area (Å²) < 4.78 is 24.6. The highest BCUT2D eigenvalue weighted by atomic mass is 19.3. The molecule has 0 spiro atoms. The number of halogens is 2. The van der Waals surface area contributed by atoms with Gasteiger partial charge in [-0.15, -0.1) is 0 Å². The fourth-order valence-electron chi connectivity index (χ4n) is 1.70. The standard InChI is InChI=1S/C12H18F2N4/c1-8-5-10(6-15-9-3-4-9)17-12(16-8)18(2)7-11(13)14/h5,9,11,15H,3-4,6-7H2,1-2H3. The minimum atomic E-state index is -2.38. The molecule has 0 aromatic carbocycles. The van der Waals surface area contributed by atoms with E-state index in [2.05, 4.69) is 15.3 Å². The first kappa shape index (κ1) is 13.1. The van der Waals surface area contributed by atoms with Crippen LogP contribution in [0.4, 0.5) is 14.7 Å². The Morgan fingerprint density at radius 2 is 2.17 bits per heavy atom. The molecule has 1 aromatic heterocycles. The van der Waals surface area contributed by atoms with Crippen molar-refractivity contribution in [3.8, 4) is 0 Å². The van der Waals surface area contributed by atoms with Crippen molar-refractivity contribution in [3.05, 3.63) is 17.5 Å². The zero-order chi connectivity index (χ0) is 13.1. The van der Waals surface area contributed by atoms with Crippen LogP contribution in [-0.4, -0.2) is 36.0 Å². The van der Waals surface area contributed by atoms with Crippen LogP contribution in [-0.2, 0) is 6.54 Å². The summed E-state index contributed by atoms with van der Waals surface area (Å²) in [4.78, 5) is 9.88. The van der Waals surface area contributed by atoms with Crippen molar-refractivity contribution in [2.45, 2.75) is 38.8 Å². The van der Waals surface area contributed by atoms with E-state index in [1.165, 1.54) is 17.7 Å². The molecule has 1 fully saturated rings. The number of alkyl halides is 2. The molecule has 0 saturated heterocycles. The fourth-order valence-corrected chi connectivity index (χ4v) is 1.70. The van der Waals surface area contributed by atoms with Crippen molar-refractivity contribution in [1.29, 1.82) is 0 Å². The van der Waals surface area contributed by atoms with Crippen LogP contribution in [0.3, 0.4) is 0 Å². The summed E-state index contributed by atoms with van der Waals surface area (Å²) in [6.45, 7) is 2.17. The Bertz CT molecular complexity index is 407. The highest BCUT2D eigenvalue weighted by Crippen LogP contribution is 2.19. The summed E-state index contributed by atoms with van der Waals surface area (Å²) in [7, 11) is 1.58. The third-order valence-electron chi connectivity index (χ3n) is 2.80. The highest BCUT2D eigenvalue weighted by Gasteiger charge is 2.20. The molecule has 1 saturated carbocycles. The molecule has 0 bridgehead atoms. The van der Waals surface area contributed by atoms with Crippen molar-refractivity contribution < 1.29 is 8.78 Å². The molecule has 1 aliphatic rings. The summed E-state index contributed by atoms with van der Waals surface area (Å²) in [5.41, 5.74) is 1.65. The van der Waals surface area contributed by atoms with Crippen LogP contribution in [0.1, 0.15) is 24.2 Å². The fraction of sp³-hybridized carbons (Fsp3) is 0.667. The zero-order valence-electron chi connectivity index (χ0n) is 10.7. The van der Waals surface area contributed by atoms with E-state index in [1.807, 2.05) is 13.0 Å².